The average Bonchev–Trinajstić information content (AvgIpc) is 2.73. The van der Waals surface area contributed by atoms with Gasteiger partial charge in [-0.05, 0) is 19.1 Å². The number of likely N-dealkylation sites (N-methyl/N-ethyl adjacent to an activating group) is 1. The topological polar surface area (TPSA) is 51.4 Å². The first-order valence-corrected chi connectivity index (χ1v) is 12.4. The molecule has 0 amide bonds. The molecule has 0 saturated heterocycles. The standard InChI is InChI=1S/C25H33N3OSi/c1-20-23(26)16-17-24(27-20)28(5)18-19-29-30(25(2,3)4,21-12-8-6-9-13-21)22-14-10-7-11-15-22/h6-17H,18-19,26H2,1-5H3/q-1. The van der Waals surface area contributed by atoms with E-state index in [1.807, 2.05) is 26.1 Å². The summed E-state index contributed by atoms with van der Waals surface area (Å²) >= 11 is 0. The third-order valence-electron chi connectivity index (χ3n) is 5.67. The van der Waals surface area contributed by atoms with Crippen LogP contribution in [0.2, 0.25) is 5.04 Å². The normalized spacial score (nSPS) is 12.0. The molecule has 0 atom stereocenters. The van der Waals surface area contributed by atoms with E-state index >= 15 is 0 Å². The van der Waals surface area contributed by atoms with E-state index in [0.29, 0.717) is 6.61 Å². The number of hydrogen-bond acceptors (Lipinski definition) is 4. The molecule has 0 aliphatic heterocycles. The van der Waals surface area contributed by atoms with E-state index in [1.54, 1.807) is 0 Å². The van der Waals surface area contributed by atoms with Gasteiger partial charge in [-0.25, -0.2) is 4.98 Å². The molecule has 2 aromatic carbocycles. The number of hydrogen-bond donors (Lipinski definition) is 1. The molecule has 0 aliphatic rings. The van der Waals surface area contributed by atoms with Gasteiger partial charge in [0.1, 0.15) is 5.82 Å². The fraction of sp³-hybridized carbons (Fsp3) is 0.320. The van der Waals surface area contributed by atoms with Crippen LogP contribution in [0.1, 0.15) is 26.5 Å². The summed E-state index contributed by atoms with van der Waals surface area (Å²) in [6.07, 6.45) is 0. The lowest BCUT2D eigenvalue weighted by atomic mass is 10.2. The predicted molar refractivity (Wildman–Crippen MR) is 130 cm³/mol. The van der Waals surface area contributed by atoms with Crippen LogP contribution in [0, 0.1) is 6.92 Å². The Balaban J connectivity index is 1.90. The molecular weight excluding hydrogens is 386 g/mol. The summed E-state index contributed by atoms with van der Waals surface area (Å²) in [5, 5.41) is 2.57. The van der Waals surface area contributed by atoms with Gasteiger partial charge in [0.15, 0.2) is 0 Å². The molecule has 0 bridgehead atoms. The van der Waals surface area contributed by atoms with E-state index in [9.17, 15) is 0 Å². The van der Waals surface area contributed by atoms with Crippen molar-refractivity contribution in [2.24, 2.45) is 0 Å². The predicted octanol–water partition coefficient (Wildman–Crippen LogP) is 3.99. The summed E-state index contributed by atoms with van der Waals surface area (Å²) in [7, 11) is -0.456. The highest BCUT2D eigenvalue weighted by Crippen LogP contribution is 2.36. The van der Waals surface area contributed by atoms with Crippen LogP contribution in [-0.2, 0) is 4.43 Å². The summed E-state index contributed by atoms with van der Waals surface area (Å²) < 4.78 is 6.96. The van der Waals surface area contributed by atoms with Gasteiger partial charge in [-0.3, -0.25) is 0 Å². The average molecular weight is 420 g/mol. The molecule has 0 aliphatic carbocycles. The first-order valence-electron chi connectivity index (χ1n) is 10.4. The minimum Gasteiger partial charge on any atom is -0.557 e. The van der Waals surface area contributed by atoms with Crippen LogP contribution in [0.25, 0.3) is 0 Å². The second kappa shape index (κ2) is 9.02. The number of rotatable bonds is 7. The second-order valence-corrected chi connectivity index (χ2v) is 13.1. The Hall–Kier alpha value is -2.63. The van der Waals surface area contributed by atoms with Gasteiger partial charge in [0.25, 0.3) is 0 Å². The highest BCUT2D eigenvalue weighted by atomic mass is 28.4. The molecular formula is C25H33N3OSi-. The number of nitrogens with two attached hydrogens (primary N) is 1. The lowest BCUT2D eigenvalue weighted by Gasteiger charge is -2.55. The van der Waals surface area contributed by atoms with Crippen molar-refractivity contribution in [2.45, 2.75) is 32.7 Å². The zero-order chi connectivity index (χ0) is 21.8. The van der Waals surface area contributed by atoms with Gasteiger partial charge in [0.05, 0.1) is 19.7 Å². The first kappa shape index (κ1) is 22.1. The fourth-order valence-electron chi connectivity index (χ4n) is 3.98. The van der Waals surface area contributed by atoms with Crippen molar-refractivity contribution in [1.29, 1.82) is 0 Å². The lowest BCUT2D eigenvalue weighted by Crippen LogP contribution is -2.67. The molecule has 5 heteroatoms. The van der Waals surface area contributed by atoms with Crippen LogP contribution >= 0.6 is 0 Å². The molecule has 1 aromatic heterocycles. The Morgan fingerprint density at radius 2 is 1.43 bits per heavy atom. The summed E-state index contributed by atoms with van der Waals surface area (Å²) in [6.45, 7) is 10.2. The van der Waals surface area contributed by atoms with Gasteiger partial charge in [0.2, 0.25) is 0 Å². The van der Waals surface area contributed by atoms with Crippen molar-refractivity contribution in [1.82, 2.24) is 4.98 Å². The van der Waals surface area contributed by atoms with Crippen molar-refractivity contribution < 1.29 is 4.43 Å². The Labute approximate surface area is 181 Å². The molecule has 30 heavy (non-hydrogen) atoms. The molecule has 1 heterocycles. The molecule has 3 aromatic rings. The van der Waals surface area contributed by atoms with Gasteiger partial charge in [-0.1, -0.05) is 81.4 Å². The van der Waals surface area contributed by atoms with Crippen molar-refractivity contribution in [3.8, 4) is 0 Å². The SMILES string of the molecule is Cc1nc(N(C)CCO[Si-](c2ccccc2)(c2ccccc2)C(C)(C)C)ccc1N. The molecule has 0 saturated carbocycles. The zero-order valence-corrected chi connectivity index (χ0v) is 19.7. The summed E-state index contributed by atoms with van der Waals surface area (Å²) in [4.78, 5) is 6.74. The summed E-state index contributed by atoms with van der Waals surface area (Å²) in [5.74, 6) is 0.910. The highest BCUT2D eigenvalue weighted by molar-refractivity contribution is 6.99. The van der Waals surface area contributed by atoms with Gasteiger partial charge in [-0.2, -0.15) is 10.4 Å². The Morgan fingerprint density at radius 3 is 1.90 bits per heavy atom. The van der Waals surface area contributed by atoms with Crippen LogP contribution in [0.5, 0.6) is 0 Å². The third-order valence-corrected chi connectivity index (χ3v) is 10.7. The molecule has 0 spiro atoms. The van der Waals surface area contributed by atoms with E-state index in [1.165, 1.54) is 10.4 Å². The first-order chi connectivity index (χ1) is 14.3. The maximum absolute atomic E-state index is 6.96. The van der Waals surface area contributed by atoms with E-state index < -0.39 is 8.32 Å². The van der Waals surface area contributed by atoms with Crippen LogP contribution in [0.3, 0.4) is 0 Å². The third kappa shape index (κ3) is 4.42. The van der Waals surface area contributed by atoms with Crippen LogP contribution < -0.4 is 21.0 Å². The van der Waals surface area contributed by atoms with Crippen LogP contribution in [0.15, 0.2) is 72.8 Å². The van der Waals surface area contributed by atoms with Crippen LogP contribution in [-0.4, -0.2) is 33.5 Å². The van der Waals surface area contributed by atoms with Crippen molar-refractivity contribution in [3.05, 3.63) is 78.5 Å². The number of anilines is 2. The number of benzene rings is 2. The van der Waals surface area contributed by atoms with Crippen molar-refractivity contribution >= 4 is 30.2 Å². The number of aromatic nitrogens is 1. The van der Waals surface area contributed by atoms with E-state index in [-0.39, 0.29) is 5.04 Å². The Morgan fingerprint density at radius 1 is 0.900 bits per heavy atom. The molecule has 4 nitrogen and oxygen atoms in total. The Kier molecular flexibility index (Phi) is 6.63. The maximum Gasteiger partial charge on any atom is 0.128 e. The van der Waals surface area contributed by atoms with Gasteiger partial charge >= 0.3 is 0 Å². The number of pyridine rings is 1. The van der Waals surface area contributed by atoms with Gasteiger partial charge in [0, 0.05) is 20.2 Å². The fourth-order valence-corrected chi connectivity index (χ4v) is 8.54. The number of nitrogen functional groups attached to an aromatic ring is 1. The number of nitrogens with zero attached hydrogens (tertiary/aromatic N) is 2. The van der Waals surface area contributed by atoms with E-state index in [4.69, 9.17) is 10.2 Å². The monoisotopic (exact) mass is 419 g/mol. The largest absolute Gasteiger partial charge is 0.557 e. The van der Waals surface area contributed by atoms with E-state index in [0.717, 1.165) is 23.7 Å². The van der Waals surface area contributed by atoms with Gasteiger partial charge < -0.3 is 15.1 Å². The molecule has 0 fully saturated rings. The number of aryl methyl sites for hydroxylation is 1. The molecule has 2 N–H and O–H groups in total. The molecule has 0 unspecified atom stereocenters. The summed E-state index contributed by atoms with van der Waals surface area (Å²) in [5.41, 5.74) is 7.49. The maximum atomic E-state index is 6.96. The highest BCUT2D eigenvalue weighted by Gasteiger charge is 2.37. The smallest absolute Gasteiger partial charge is 0.128 e. The Bertz CT molecular complexity index is 916. The zero-order valence-electron chi connectivity index (χ0n) is 18.7. The quantitative estimate of drug-likeness (QED) is 0.589. The lowest BCUT2D eigenvalue weighted by molar-refractivity contribution is 0.305. The van der Waals surface area contributed by atoms with Crippen molar-refractivity contribution in [2.75, 3.05) is 30.8 Å². The molecule has 159 valence electrons. The minimum absolute atomic E-state index is 0.0235. The van der Waals surface area contributed by atoms with Gasteiger partial charge in [-0.15, -0.1) is 5.04 Å². The van der Waals surface area contributed by atoms with Crippen molar-refractivity contribution in [3.63, 3.8) is 0 Å². The molecule has 3 rings (SSSR count). The summed E-state index contributed by atoms with van der Waals surface area (Å²) in [6, 6.07) is 25.4. The van der Waals surface area contributed by atoms with E-state index in [2.05, 4.69) is 91.3 Å². The second-order valence-electron chi connectivity index (χ2n) is 8.78. The molecule has 0 radical (unpaired) electrons. The van der Waals surface area contributed by atoms with Crippen LogP contribution in [0.4, 0.5) is 11.5 Å². The minimum atomic E-state index is -2.50.